The second kappa shape index (κ2) is 10.2. The summed E-state index contributed by atoms with van der Waals surface area (Å²) in [6, 6.07) is 19.2. The highest BCUT2D eigenvalue weighted by atomic mass is 16.5. The van der Waals surface area contributed by atoms with Crippen molar-refractivity contribution in [1.29, 1.82) is 0 Å². The first kappa shape index (κ1) is 17.4. The maximum atomic E-state index is 10.4. The van der Waals surface area contributed by atoms with E-state index in [9.17, 15) is 9.59 Å². The van der Waals surface area contributed by atoms with E-state index < -0.39 is 5.97 Å². The van der Waals surface area contributed by atoms with Gasteiger partial charge in [0.1, 0.15) is 6.61 Å². The number of carboxylic acid groups (broad SMARTS) is 1. The Morgan fingerprint density at radius 1 is 0.909 bits per heavy atom. The zero-order valence-electron chi connectivity index (χ0n) is 12.6. The summed E-state index contributed by atoms with van der Waals surface area (Å²) in [7, 11) is 0. The number of aliphatic carboxylic acids is 1. The zero-order valence-corrected chi connectivity index (χ0v) is 12.6. The summed E-state index contributed by atoms with van der Waals surface area (Å²) in [5, 5.41) is 8.37. The van der Waals surface area contributed by atoms with Gasteiger partial charge in [0.15, 0.2) is 0 Å². The second-order valence-electron chi connectivity index (χ2n) is 4.65. The molecule has 0 heterocycles. The van der Waals surface area contributed by atoms with E-state index in [2.05, 4.69) is 0 Å². The van der Waals surface area contributed by atoms with E-state index in [4.69, 9.17) is 9.84 Å². The third kappa shape index (κ3) is 8.53. The van der Waals surface area contributed by atoms with Crippen LogP contribution >= 0.6 is 0 Å². The van der Waals surface area contributed by atoms with E-state index in [-0.39, 0.29) is 12.4 Å². The molecule has 0 amide bonds. The molecule has 1 N–H and O–H groups in total. The van der Waals surface area contributed by atoms with E-state index in [1.54, 1.807) is 0 Å². The monoisotopic (exact) mass is 300 g/mol. The Labute approximate surface area is 130 Å². The SMILES string of the molecule is CC(=O)OCc1ccccc1.O=C(O)CCc1ccccc1. The number of ether oxygens (including phenoxy) is 1. The van der Waals surface area contributed by atoms with Gasteiger partial charge >= 0.3 is 11.9 Å². The van der Waals surface area contributed by atoms with Crippen molar-refractivity contribution >= 4 is 11.9 Å². The molecule has 2 aromatic rings. The molecule has 4 heteroatoms. The number of hydrogen-bond donors (Lipinski definition) is 1. The fourth-order valence-electron chi connectivity index (χ4n) is 1.66. The molecule has 0 aliphatic heterocycles. The van der Waals surface area contributed by atoms with Crippen LogP contribution < -0.4 is 0 Å². The number of rotatable bonds is 5. The van der Waals surface area contributed by atoms with Gasteiger partial charge in [0.2, 0.25) is 0 Å². The molecule has 22 heavy (non-hydrogen) atoms. The van der Waals surface area contributed by atoms with Crippen molar-refractivity contribution in [3.05, 3.63) is 71.8 Å². The van der Waals surface area contributed by atoms with E-state index in [1.807, 2.05) is 60.7 Å². The summed E-state index contributed by atoms with van der Waals surface area (Å²) in [5.41, 5.74) is 2.10. The van der Waals surface area contributed by atoms with Crippen LogP contribution in [0.25, 0.3) is 0 Å². The molecule has 0 saturated carbocycles. The van der Waals surface area contributed by atoms with Crippen molar-refractivity contribution in [2.45, 2.75) is 26.4 Å². The van der Waals surface area contributed by atoms with Crippen LogP contribution in [-0.4, -0.2) is 17.0 Å². The predicted molar refractivity (Wildman–Crippen MR) is 84.3 cm³/mol. The Morgan fingerprint density at radius 3 is 1.86 bits per heavy atom. The van der Waals surface area contributed by atoms with E-state index in [0.29, 0.717) is 13.0 Å². The minimum atomic E-state index is -0.742. The summed E-state index contributed by atoms with van der Waals surface area (Å²) >= 11 is 0. The van der Waals surface area contributed by atoms with Gasteiger partial charge in [0.05, 0.1) is 0 Å². The molecule has 2 rings (SSSR count). The number of esters is 1. The fourth-order valence-corrected chi connectivity index (χ4v) is 1.66. The Hall–Kier alpha value is -2.62. The highest BCUT2D eigenvalue weighted by Crippen LogP contribution is 2.01. The van der Waals surface area contributed by atoms with Gasteiger partial charge in [0.25, 0.3) is 0 Å². The van der Waals surface area contributed by atoms with Gasteiger partial charge in [-0.3, -0.25) is 9.59 Å². The molecule has 0 aliphatic rings. The van der Waals surface area contributed by atoms with Crippen LogP contribution in [0.5, 0.6) is 0 Å². The first-order chi connectivity index (χ1) is 10.6. The highest BCUT2D eigenvalue weighted by molar-refractivity contribution is 5.67. The Bertz CT molecular complexity index is 511. The average molecular weight is 300 g/mol. The first-order valence-corrected chi connectivity index (χ1v) is 7.01. The molecule has 116 valence electrons. The lowest BCUT2D eigenvalue weighted by Gasteiger charge is -1.99. The van der Waals surface area contributed by atoms with Gasteiger partial charge in [-0.25, -0.2) is 0 Å². The Morgan fingerprint density at radius 2 is 1.41 bits per heavy atom. The number of carbonyl (C=O) groups excluding carboxylic acids is 1. The molecular weight excluding hydrogens is 280 g/mol. The van der Waals surface area contributed by atoms with E-state index in [0.717, 1.165) is 11.1 Å². The first-order valence-electron chi connectivity index (χ1n) is 7.01. The van der Waals surface area contributed by atoms with Gasteiger partial charge in [0, 0.05) is 13.3 Å². The molecule has 0 aliphatic carbocycles. The second-order valence-corrected chi connectivity index (χ2v) is 4.65. The van der Waals surface area contributed by atoms with Gasteiger partial charge in [-0.1, -0.05) is 60.7 Å². The minimum Gasteiger partial charge on any atom is -0.481 e. The van der Waals surface area contributed by atoms with Gasteiger partial charge in [-0.2, -0.15) is 0 Å². The summed E-state index contributed by atoms with van der Waals surface area (Å²) in [6.07, 6.45) is 0.834. The van der Waals surface area contributed by atoms with E-state index >= 15 is 0 Å². The van der Waals surface area contributed by atoms with Crippen molar-refractivity contribution < 1.29 is 19.4 Å². The molecule has 4 nitrogen and oxygen atoms in total. The van der Waals surface area contributed by atoms with Gasteiger partial charge in [-0.15, -0.1) is 0 Å². The lowest BCUT2D eigenvalue weighted by molar-refractivity contribution is -0.142. The number of carbonyl (C=O) groups is 2. The lowest BCUT2D eigenvalue weighted by atomic mass is 10.1. The third-order valence-corrected chi connectivity index (χ3v) is 2.76. The highest BCUT2D eigenvalue weighted by Gasteiger charge is 1.96. The molecule has 0 aromatic heterocycles. The Balaban J connectivity index is 0.000000220. The lowest BCUT2D eigenvalue weighted by Crippen LogP contribution is -1.97. The van der Waals surface area contributed by atoms with Crippen LogP contribution in [0.15, 0.2) is 60.7 Å². The van der Waals surface area contributed by atoms with E-state index in [1.165, 1.54) is 6.92 Å². The quantitative estimate of drug-likeness (QED) is 0.859. The van der Waals surface area contributed by atoms with Crippen molar-refractivity contribution in [3.63, 3.8) is 0 Å². The topological polar surface area (TPSA) is 63.6 Å². The standard InChI is InChI=1S/2C9H10O2/c1-8(10)11-7-9-5-3-2-4-6-9;10-9(11)7-6-8-4-2-1-3-5-8/h2-6H,7H2,1H3;1-5H,6-7H2,(H,10,11). The molecule has 0 spiro atoms. The third-order valence-electron chi connectivity index (χ3n) is 2.76. The number of hydrogen-bond acceptors (Lipinski definition) is 3. The maximum absolute atomic E-state index is 10.4. The van der Waals surface area contributed by atoms with Crippen molar-refractivity contribution in [2.75, 3.05) is 0 Å². The van der Waals surface area contributed by atoms with Crippen LogP contribution in [0, 0.1) is 0 Å². The van der Waals surface area contributed by atoms with Crippen LogP contribution in [0.1, 0.15) is 24.5 Å². The van der Waals surface area contributed by atoms with Crippen molar-refractivity contribution in [1.82, 2.24) is 0 Å². The molecule has 0 unspecified atom stereocenters. The minimum absolute atomic E-state index is 0.212. The average Bonchev–Trinajstić information content (AvgIpc) is 2.53. The maximum Gasteiger partial charge on any atom is 0.303 e. The summed E-state index contributed by atoms with van der Waals surface area (Å²) < 4.78 is 4.79. The Kier molecular flexibility index (Phi) is 8.05. The smallest absolute Gasteiger partial charge is 0.303 e. The number of carboxylic acids is 1. The van der Waals surface area contributed by atoms with Gasteiger partial charge in [-0.05, 0) is 17.5 Å². The molecular formula is C18H20O4. The number of aryl methyl sites for hydroxylation is 1. The van der Waals surface area contributed by atoms with Crippen LogP contribution in [0.3, 0.4) is 0 Å². The fraction of sp³-hybridized carbons (Fsp3) is 0.222. The number of benzene rings is 2. The summed E-state index contributed by atoms with van der Waals surface area (Å²) in [5.74, 6) is -0.984. The zero-order chi connectivity index (χ0) is 16.2. The molecule has 0 bridgehead atoms. The van der Waals surface area contributed by atoms with Crippen molar-refractivity contribution in [2.24, 2.45) is 0 Å². The largest absolute Gasteiger partial charge is 0.481 e. The van der Waals surface area contributed by atoms with Crippen LogP contribution in [-0.2, 0) is 27.4 Å². The molecule has 0 radical (unpaired) electrons. The molecule has 0 fully saturated rings. The molecule has 0 saturated heterocycles. The van der Waals surface area contributed by atoms with Crippen LogP contribution in [0.2, 0.25) is 0 Å². The molecule has 2 aromatic carbocycles. The summed E-state index contributed by atoms with van der Waals surface area (Å²) in [6.45, 7) is 1.78. The predicted octanol–water partition coefficient (Wildman–Crippen LogP) is 3.45. The van der Waals surface area contributed by atoms with Crippen molar-refractivity contribution in [3.8, 4) is 0 Å². The van der Waals surface area contributed by atoms with Gasteiger partial charge < -0.3 is 9.84 Å². The molecule has 0 atom stereocenters. The van der Waals surface area contributed by atoms with Crippen LogP contribution in [0.4, 0.5) is 0 Å². The summed E-state index contributed by atoms with van der Waals surface area (Å²) in [4.78, 5) is 20.6. The normalized spacial score (nSPS) is 9.32.